The molecule has 0 aromatic rings. The average Bonchev–Trinajstić information content (AvgIpc) is 2.74. The number of hydrogen-bond acceptors (Lipinski definition) is 8. The van der Waals surface area contributed by atoms with Crippen LogP contribution in [-0.4, -0.2) is 75.0 Å². The molecule has 0 saturated carbocycles. The Morgan fingerprint density at radius 2 is 1.00 bits per heavy atom. The van der Waals surface area contributed by atoms with Crippen LogP contribution in [0.15, 0.2) is 25.3 Å². The SMILES string of the molecule is C=CC(=O)OCC(COCCCCCCOCC(COC(=O)C=C)OC(C)(C)C)OC(C)(C)C. The number of esters is 2. The molecule has 2 unspecified atom stereocenters. The summed E-state index contributed by atoms with van der Waals surface area (Å²) in [6, 6.07) is 0. The molecule has 0 N–H and O–H groups in total. The number of ether oxygens (including phenoxy) is 6. The smallest absolute Gasteiger partial charge is 0.330 e. The molecular weight excluding hydrogens is 440 g/mol. The average molecular weight is 487 g/mol. The Morgan fingerprint density at radius 1 is 0.647 bits per heavy atom. The summed E-state index contributed by atoms with van der Waals surface area (Å²) in [6.45, 7) is 20.7. The highest BCUT2D eigenvalue weighted by Crippen LogP contribution is 2.13. The minimum absolute atomic E-state index is 0.131. The van der Waals surface area contributed by atoms with E-state index in [-0.39, 0.29) is 36.6 Å². The van der Waals surface area contributed by atoms with Gasteiger partial charge in [0.25, 0.3) is 0 Å². The van der Waals surface area contributed by atoms with Gasteiger partial charge in [-0.15, -0.1) is 0 Å². The Morgan fingerprint density at radius 3 is 1.29 bits per heavy atom. The molecule has 2 atom stereocenters. The highest BCUT2D eigenvalue weighted by Gasteiger charge is 2.21. The predicted octanol–water partition coefficient (Wildman–Crippen LogP) is 4.41. The quantitative estimate of drug-likeness (QED) is 0.151. The van der Waals surface area contributed by atoms with Crippen LogP contribution in [0.5, 0.6) is 0 Å². The van der Waals surface area contributed by atoms with Crippen molar-refractivity contribution < 1.29 is 38.0 Å². The summed E-state index contributed by atoms with van der Waals surface area (Å²) in [6.07, 6.45) is 5.47. The van der Waals surface area contributed by atoms with Crippen LogP contribution in [0.1, 0.15) is 67.2 Å². The molecule has 0 spiro atoms. The summed E-state index contributed by atoms with van der Waals surface area (Å²) in [5, 5.41) is 0. The van der Waals surface area contributed by atoms with Crippen molar-refractivity contribution in [2.45, 2.75) is 90.6 Å². The van der Waals surface area contributed by atoms with Crippen LogP contribution in [0.3, 0.4) is 0 Å². The van der Waals surface area contributed by atoms with Crippen molar-refractivity contribution >= 4 is 11.9 Å². The molecule has 0 amide bonds. The summed E-state index contributed by atoms with van der Waals surface area (Å²) in [5.41, 5.74) is -0.725. The van der Waals surface area contributed by atoms with Gasteiger partial charge in [0.05, 0.1) is 24.4 Å². The summed E-state index contributed by atoms with van der Waals surface area (Å²) < 4.78 is 33.4. The van der Waals surface area contributed by atoms with Crippen LogP contribution in [0.2, 0.25) is 0 Å². The molecule has 0 heterocycles. The lowest BCUT2D eigenvalue weighted by Crippen LogP contribution is -2.35. The largest absolute Gasteiger partial charge is 0.460 e. The second-order valence-electron chi connectivity index (χ2n) is 9.94. The number of unbranched alkanes of at least 4 members (excludes halogenated alkanes) is 3. The molecule has 0 rings (SSSR count). The zero-order chi connectivity index (χ0) is 26.0. The van der Waals surface area contributed by atoms with Crippen molar-refractivity contribution in [1.29, 1.82) is 0 Å². The molecule has 0 aliphatic carbocycles. The van der Waals surface area contributed by atoms with Crippen LogP contribution < -0.4 is 0 Å². The first-order chi connectivity index (χ1) is 15.9. The minimum atomic E-state index is -0.473. The van der Waals surface area contributed by atoms with Gasteiger partial charge in [0.2, 0.25) is 0 Å². The highest BCUT2D eigenvalue weighted by molar-refractivity contribution is 5.81. The molecule has 8 nitrogen and oxygen atoms in total. The van der Waals surface area contributed by atoms with E-state index < -0.39 is 11.9 Å². The maximum atomic E-state index is 11.3. The van der Waals surface area contributed by atoms with E-state index in [9.17, 15) is 9.59 Å². The fourth-order valence-electron chi connectivity index (χ4n) is 2.89. The Balaban J connectivity index is 4.01. The second-order valence-corrected chi connectivity index (χ2v) is 9.94. The summed E-state index contributed by atoms with van der Waals surface area (Å²) in [4.78, 5) is 22.6. The van der Waals surface area contributed by atoms with Crippen molar-refractivity contribution in [2.75, 3.05) is 39.6 Å². The highest BCUT2D eigenvalue weighted by atomic mass is 16.6. The number of rotatable bonds is 19. The first-order valence-electron chi connectivity index (χ1n) is 12.0. The van der Waals surface area contributed by atoms with Gasteiger partial charge in [-0.25, -0.2) is 9.59 Å². The van der Waals surface area contributed by atoms with E-state index >= 15 is 0 Å². The zero-order valence-electron chi connectivity index (χ0n) is 22.1. The van der Waals surface area contributed by atoms with Gasteiger partial charge in [0.1, 0.15) is 25.4 Å². The van der Waals surface area contributed by atoms with Gasteiger partial charge >= 0.3 is 11.9 Å². The lowest BCUT2D eigenvalue weighted by atomic mass is 10.2. The lowest BCUT2D eigenvalue weighted by Gasteiger charge is -2.27. The van der Waals surface area contributed by atoms with E-state index in [1.165, 1.54) is 0 Å². The maximum absolute atomic E-state index is 11.3. The molecule has 0 bridgehead atoms. The number of carbonyl (C=O) groups is 2. The van der Waals surface area contributed by atoms with Crippen LogP contribution in [0.4, 0.5) is 0 Å². The first-order valence-corrected chi connectivity index (χ1v) is 12.0. The molecule has 0 aliphatic rings. The molecule has 0 aromatic heterocycles. The van der Waals surface area contributed by atoms with Crippen LogP contribution in [-0.2, 0) is 38.0 Å². The summed E-state index contributed by atoms with van der Waals surface area (Å²) in [5.74, 6) is -0.947. The van der Waals surface area contributed by atoms with Crippen molar-refractivity contribution in [3.8, 4) is 0 Å². The topological polar surface area (TPSA) is 89.5 Å². The molecule has 0 aromatic carbocycles. The normalized spacial score (nSPS) is 13.7. The van der Waals surface area contributed by atoms with Gasteiger partial charge in [-0.3, -0.25) is 0 Å². The fraction of sp³-hybridized carbons (Fsp3) is 0.769. The first kappa shape index (κ1) is 32.3. The van der Waals surface area contributed by atoms with E-state index in [0.29, 0.717) is 26.4 Å². The monoisotopic (exact) mass is 486 g/mol. The van der Waals surface area contributed by atoms with Gasteiger partial charge in [-0.2, -0.15) is 0 Å². The van der Waals surface area contributed by atoms with Crippen molar-refractivity contribution in [2.24, 2.45) is 0 Å². The molecule has 8 heteroatoms. The lowest BCUT2D eigenvalue weighted by molar-refractivity contribution is -0.152. The van der Waals surface area contributed by atoms with E-state index in [0.717, 1.165) is 37.8 Å². The van der Waals surface area contributed by atoms with Crippen molar-refractivity contribution in [3.63, 3.8) is 0 Å². The van der Waals surface area contributed by atoms with Crippen molar-refractivity contribution in [1.82, 2.24) is 0 Å². The molecule has 198 valence electrons. The van der Waals surface area contributed by atoms with Gasteiger partial charge < -0.3 is 28.4 Å². The van der Waals surface area contributed by atoms with Gasteiger partial charge in [-0.05, 0) is 54.4 Å². The summed E-state index contributed by atoms with van der Waals surface area (Å²) >= 11 is 0. The fourth-order valence-corrected chi connectivity index (χ4v) is 2.89. The minimum Gasteiger partial charge on any atom is -0.460 e. The standard InChI is InChI=1S/C26H46O8/c1-9-23(27)31-19-21(33-25(3,4)5)17-29-15-13-11-12-14-16-30-18-22(34-26(6,7)8)20-32-24(28)10-2/h9-10,21-22H,1-2,11-20H2,3-8H3. The molecule has 0 fully saturated rings. The van der Waals surface area contributed by atoms with Crippen LogP contribution >= 0.6 is 0 Å². The predicted molar refractivity (Wildman–Crippen MR) is 132 cm³/mol. The van der Waals surface area contributed by atoms with E-state index in [1.54, 1.807) is 0 Å². The van der Waals surface area contributed by atoms with Gasteiger partial charge in [-0.1, -0.05) is 26.0 Å². The maximum Gasteiger partial charge on any atom is 0.330 e. The molecular formula is C26H46O8. The zero-order valence-corrected chi connectivity index (χ0v) is 22.1. The van der Waals surface area contributed by atoms with Crippen LogP contribution in [0.25, 0.3) is 0 Å². The Hall–Kier alpha value is -1.74. The number of carbonyl (C=O) groups excluding carboxylic acids is 2. The van der Waals surface area contributed by atoms with Gasteiger partial charge in [0.15, 0.2) is 0 Å². The third-order valence-corrected chi connectivity index (χ3v) is 4.13. The Labute approximate surface area is 205 Å². The van der Waals surface area contributed by atoms with E-state index in [1.807, 2.05) is 41.5 Å². The van der Waals surface area contributed by atoms with E-state index in [4.69, 9.17) is 28.4 Å². The molecule has 0 radical (unpaired) electrons. The van der Waals surface area contributed by atoms with E-state index in [2.05, 4.69) is 13.2 Å². The summed E-state index contributed by atoms with van der Waals surface area (Å²) in [7, 11) is 0. The second kappa shape index (κ2) is 17.7. The van der Waals surface area contributed by atoms with Crippen molar-refractivity contribution in [3.05, 3.63) is 25.3 Å². The third-order valence-electron chi connectivity index (χ3n) is 4.13. The number of hydrogen-bond donors (Lipinski definition) is 0. The molecule has 0 aliphatic heterocycles. The Kier molecular flexibility index (Phi) is 16.8. The van der Waals surface area contributed by atoms with Crippen LogP contribution in [0, 0.1) is 0 Å². The molecule has 0 saturated heterocycles. The molecule has 34 heavy (non-hydrogen) atoms. The Bertz CT molecular complexity index is 537. The third kappa shape index (κ3) is 20.8. The van der Waals surface area contributed by atoms with Gasteiger partial charge in [0, 0.05) is 25.4 Å².